The summed E-state index contributed by atoms with van der Waals surface area (Å²) in [7, 11) is 0. The third-order valence-electron chi connectivity index (χ3n) is 6.23. The number of thiazole rings is 1. The number of hydrogen-bond donors (Lipinski definition) is 1. The predicted octanol–water partition coefficient (Wildman–Crippen LogP) is 1.39. The van der Waals surface area contributed by atoms with Crippen molar-refractivity contribution in [3.05, 3.63) is 56.0 Å². The summed E-state index contributed by atoms with van der Waals surface area (Å²) in [6.45, 7) is 5.13. The molecule has 3 heterocycles. The number of nitrogens with zero attached hydrogens (tertiary/aromatic N) is 4. The van der Waals surface area contributed by atoms with E-state index in [0.29, 0.717) is 21.8 Å². The van der Waals surface area contributed by atoms with Gasteiger partial charge in [0.25, 0.3) is 5.56 Å². The molecule has 1 aliphatic carbocycles. The second-order valence-electron chi connectivity index (χ2n) is 8.69. The first-order chi connectivity index (χ1) is 15.4. The molecule has 1 saturated carbocycles. The lowest BCUT2D eigenvalue weighted by Gasteiger charge is -2.42. The molecule has 5 rings (SSSR count). The molecule has 32 heavy (non-hydrogen) atoms. The summed E-state index contributed by atoms with van der Waals surface area (Å²) >= 11 is 1.27. The lowest BCUT2D eigenvalue weighted by molar-refractivity contribution is -0.120. The lowest BCUT2D eigenvalue weighted by Crippen LogP contribution is -2.44. The van der Waals surface area contributed by atoms with Gasteiger partial charge in [-0.3, -0.25) is 9.59 Å². The third kappa shape index (κ3) is 3.77. The number of aromatic nitrogens is 4. The molecule has 0 saturated heterocycles. The van der Waals surface area contributed by atoms with Crippen LogP contribution < -0.4 is 24.4 Å². The molecule has 1 aliphatic heterocycles. The number of carbonyl (C=O) groups excluding carboxylic acids is 1. The van der Waals surface area contributed by atoms with Gasteiger partial charge in [0.2, 0.25) is 0 Å². The maximum Gasteiger partial charge on any atom is 0.266 e. The first-order valence-electron chi connectivity index (χ1n) is 10.8. The van der Waals surface area contributed by atoms with Gasteiger partial charge in [-0.25, -0.2) is 9.67 Å². The molecule has 0 radical (unpaired) electrons. The van der Waals surface area contributed by atoms with Crippen LogP contribution in [0.1, 0.15) is 38.7 Å². The van der Waals surface area contributed by atoms with Crippen molar-refractivity contribution >= 4 is 35.0 Å². The van der Waals surface area contributed by atoms with E-state index >= 15 is 0 Å². The van der Waals surface area contributed by atoms with Crippen molar-refractivity contribution in [3.63, 3.8) is 0 Å². The first kappa shape index (κ1) is 20.7. The number of H-pyrrole nitrogens is 1. The standard InChI is InChI=1S/C23H25N5O3S/c1-23(2,28-14-24-13-25-28)20(29)12-21-26-22(30)19(32-21)11-15-6-7-18-17(10-15)27(8-9-31-18)16-4-3-5-16/h6-7,10-14,16H,3-5,8-9H2,1-2H3,(H,26,30)/b19-11-,21-12+. The summed E-state index contributed by atoms with van der Waals surface area (Å²) in [5.74, 6) is 0.726. The minimum absolute atomic E-state index is 0.172. The number of ether oxygens (including phenoxy) is 1. The molecule has 166 valence electrons. The second kappa shape index (κ2) is 8.05. The van der Waals surface area contributed by atoms with Crippen molar-refractivity contribution in [1.82, 2.24) is 19.7 Å². The summed E-state index contributed by atoms with van der Waals surface area (Å²) in [5.41, 5.74) is 0.925. The van der Waals surface area contributed by atoms with Crippen LogP contribution in [0.15, 0.2) is 35.6 Å². The Hall–Kier alpha value is -3.20. The maximum atomic E-state index is 12.8. The number of Topliss-reactive ketones (excluding diaryl/α,β-unsaturated/α-hetero) is 1. The van der Waals surface area contributed by atoms with E-state index in [2.05, 4.69) is 26.0 Å². The van der Waals surface area contributed by atoms with Crippen LogP contribution >= 0.6 is 11.3 Å². The van der Waals surface area contributed by atoms with E-state index in [0.717, 1.165) is 23.5 Å². The quantitative estimate of drug-likeness (QED) is 0.630. The van der Waals surface area contributed by atoms with Crippen molar-refractivity contribution < 1.29 is 9.53 Å². The number of fused-ring (bicyclic) bond motifs is 1. The average molecular weight is 452 g/mol. The van der Waals surface area contributed by atoms with Gasteiger partial charge in [0.1, 0.15) is 30.5 Å². The topological polar surface area (TPSA) is 93.1 Å². The highest BCUT2D eigenvalue weighted by Gasteiger charge is 2.30. The normalized spacial score (nSPS) is 17.8. The molecule has 1 aromatic carbocycles. The molecule has 2 aromatic heterocycles. The summed E-state index contributed by atoms with van der Waals surface area (Å²) in [4.78, 5) is 34.5. The van der Waals surface area contributed by atoms with E-state index in [9.17, 15) is 9.59 Å². The Morgan fingerprint density at radius 2 is 2.19 bits per heavy atom. The average Bonchev–Trinajstić information content (AvgIpc) is 3.38. The minimum atomic E-state index is -0.898. The van der Waals surface area contributed by atoms with Crippen molar-refractivity contribution in [2.45, 2.75) is 44.7 Å². The fraction of sp³-hybridized carbons (Fsp3) is 0.391. The number of nitrogens with one attached hydrogen (secondary N) is 1. The van der Waals surface area contributed by atoms with Crippen molar-refractivity contribution in [2.24, 2.45) is 0 Å². The second-order valence-corrected chi connectivity index (χ2v) is 9.77. The van der Waals surface area contributed by atoms with E-state index < -0.39 is 5.54 Å². The van der Waals surface area contributed by atoms with Gasteiger partial charge in [0, 0.05) is 12.1 Å². The van der Waals surface area contributed by atoms with Gasteiger partial charge in [-0.2, -0.15) is 5.10 Å². The molecule has 0 atom stereocenters. The van der Waals surface area contributed by atoms with Crippen molar-refractivity contribution in [3.8, 4) is 5.75 Å². The van der Waals surface area contributed by atoms with Crippen molar-refractivity contribution in [1.29, 1.82) is 0 Å². The van der Waals surface area contributed by atoms with E-state index in [4.69, 9.17) is 4.74 Å². The number of anilines is 1. The Balaban J connectivity index is 1.47. The van der Waals surface area contributed by atoms with Gasteiger partial charge < -0.3 is 14.6 Å². The molecule has 3 aromatic rings. The molecule has 1 N–H and O–H groups in total. The maximum absolute atomic E-state index is 12.8. The van der Waals surface area contributed by atoms with Gasteiger partial charge >= 0.3 is 0 Å². The number of aromatic amines is 1. The summed E-state index contributed by atoms with van der Waals surface area (Å²) in [6, 6.07) is 6.61. The smallest absolute Gasteiger partial charge is 0.266 e. The lowest BCUT2D eigenvalue weighted by atomic mass is 9.90. The molecular formula is C23H25N5O3S. The zero-order valence-electron chi connectivity index (χ0n) is 18.1. The fourth-order valence-electron chi connectivity index (χ4n) is 4.00. The number of hydrogen-bond acceptors (Lipinski definition) is 7. The van der Waals surface area contributed by atoms with E-state index in [1.54, 1.807) is 13.8 Å². The summed E-state index contributed by atoms with van der Waals surface area (Å²) in [6.07, 6.45) is 9.94. The molecule has 0 spiro atoms. The SMILES string of the molecule is CC(C)(C(=O)/C=c1\[nH]c(=O)/c(=C/c2ccc3c(c2)N(C2CCC2)CCO3)s1)n1cncn1. The molecule has 2 aliphatic rings. The van der Waals surface area contributed by atoms with Gasteiger partial charge in [-0.1, -0.05) is 6.07 Å². The minimum Gasteiger partial charge on any atom is -0.490 e. The molecule has 0 amide bonds. The monoisotopic (exact) mass is 451 g/mol. The summed E-state index contributed by atoms with van der Waals surface area (Å²) < 4.78 is 8.41. The van der Waals surface area contributed by atoms with E-state index in [1.807, 2.05) is 18.2 Å². The Labute approximate surface area is 188 Å². The zero-order valence-corrected chi connectivity index (χ0v) is 18.9. The Bertz CT molecular complexity index is 1320. The van der Waals surface area contributed by atoms with Gasteiger partial charge in [0.05, 0.1) is 21.4 Å². The van der Waals surface area contributed by atoms with Crippen LogP contribution in [0.3, 0.4) is 0 Å². The molecular weight excluding hydrogens is 426 g/mol. The molecule has 1 fully saturated rings. The Morgan fingerprint density at radius 3 is 2.91 bits per heavy atom. The van der Waals surface area contributed by atoms with E-state index in [-0.39, 0.29) is 11.3 Å². The van der Waals surface area contributed by atoms with Gasteiger partial charge in [-0.15, -0.1) is 11.3 Å². The third-order valence-corrected chi connectivity index (χ3v) is 7.20. The molecule has 0 unspecified atom stereocenters. The van der Waals surface area contributed by atoms with Crippen molar-refractivity contribution in [2.75, 3.05) is 18.1 Å². The van der Waals surface area contributed by atoms with Crippen LogP contribution in [0.5, 0.6) is 5.75 Å². The number of carbonyl (C=O) groups is 1. The van der Waals surface area contributed by atoms with Crippen LogP contribution in [-0.2, 0) is 10.3 Å². The molecule has 0 bridgehead atoms. The first-order valence-corrected chi connectivity index (χ1v) is 11.6. The van der Waals surface area contributed by atoms with Crippen LogP contribution in [0.2, 0.25) is 0 Å². The molecule has 8 nitrogen and oxygen atoms in total. The van der Waals surface area contributed by atoms with Crippen LogP contribution in [-0.4, -0.2) is 44.7 Å². The highest BCUT2D eigenvalue weighted by Crippen LogP contribution is 2.38. The van der Waals surface area contributed by atoms with Crippen LogP contribution in [0.4, 0.5) is 5.69 Å². The highest BCUT2D eigenvalue weighted by molar-refractivity contribution is 7.07. The zero-order chi connectivity index (χ0) is 22.3. The predicted molar refractivity (Wildman–Crippen MR) is 123 cm³/mol. The Morgan fingerprint density at radius 1 is 1.34 bits per heavy atom. The fourth-order valence-corrected chi connectivity index (χ4v) is 4.89. The van der Waals surface area contributed by atoms with E-state index in [1.165, 1.54) is 54.0 Å². The molecule has 9 heteroatoms. The number of ketones is 1. The largest absolute Gasteiger partial charge is 0.490 e. The van der Waals surface area contributed by atoms with Gasteiger partial charge in [-0.05, 0) is 56.9 Å². The number of benzene rings is 1. The Kier molecular flexibility index (Phi) is 5.21. The van der Waals surface area contributed by atoms with Crippen LogP contribution in [0.25, 0.3) is 12.2 Å². The number of rotatable bonds is 5. The van der Waals surface area contributed by atoms with Gasteiger partial charge in [0.15, 0.2) is 5.78 Å². The summed E-state index contributed by atoms with van der Waals surface area (Å²) in [5, 5.41) is 4.07. The van der Waals surface area contributed by atoms with Crippen LogP contribution in [0, 0.1) is 0 Å². The highest BCUT2D eigenvalue weighted by atomic mass is 32.1.